The third kappa shape index (κ3) is 4.08. The molecule has 3 aromatic rings. The molecular weight excluding hydrogens is 398 g/mol. The maximum absolute atomic E-state index is 12.4. The number of aromatic nitrogens is 4. The standard InChI is InChI=1S/C18H18BrN5O2/c1-2-16(13-8-10-14(19)11-9-13)20-17(25)12-23-18(26)24(22-21-23)15-6-4-3-5-7-15/h3-11,16H,2,12H2,1H3,(H,20,25)/t16-/m1/s1. The summed E-state index contributed by atoms with van der Waals surface area (Å²) in [7, 11) is 0. The van der Waals surface area contributed by atoms with Crippen LogP contribution in [0.3, 0.4) is 0 Å². The summed E-state index contributed by atoms with van der Waals surface area (Å²) in [5.41, 5.74) is 1.15. The van der Waals surface area contributed by atoms with Crippen LogP contribution in [0.2, 0.25) is 0 Å². The topological polar surface area (TPSA) is 81.8 Å². The number of amides is 1. The van der Waals surface area contributed by atoms with Crippen molar-refractivity contribution in [3.8, 4) is 5.69 Å². The summed E-state index contributed by atoms with van der Waals surface area (Å²) in [4.78, 5) is 24.7. The first-order valence-corrected chi connectivity index (χ1v) is 9.01. The highest BCUT2D eigenvalue weighted by Crippen LogP contribution is 2.19. The molecule has 1 amide bonds. The van der Waals surface area contributed by atoms with Gasteiger partial charge < -0.3 is 5.32 Å². The fourth-order valence-electron chi connectivity index (χ4n) is 2.60. The number of nitrogens with zero attached hydrogens (tertiary/aromatic N) is 4. The smallest absolute Gasteiger partial charge is 0.348 e. The highest BCUT2D eigenvalue weighted by atomic mass is 79.9. The van der Waals surface area contributed by atoms with Gasteiger partial charge in [0, 0.05) is 4.47 Å². The van der Waals surface area contributed by atoms with Gasteiger partial charge in [-0.3, -0.25) is 4.79 Å². The van der Waals surface area contributed by atoms with Crippen LogP contribution in [-0.2, 0) is 11.3 Å². The Morgan fingerprint density at radius 1 is 1.12 bits per heavy atom. The van der Waals surface area contributed by atoms with Crippen LogP contribution in [0.15, 0.2) is 63.9 Å². The number of nitrogens with one attached hydrogen (secondary N) is 1. The molecule has 0 spiro atoms. The van der Waals surface area contributed by atoms with Crippen LogP contribution in [0.5, 0.6) is 0 Å². The zero-order chi connectivity index (χ0) is 18.5. The van der Waals surface area contributed by atoms with Gasteiger partial charge in [0.15, 0.2) is 0 Å². The van der Waals surface area contributed by atoms with Crippen LogP contribution in [0.25, 0.3) is 5.69 Å². The Labute approximate surface area is 158 Å². The van der Waals surface area contributed by atoms with Crippen molar-refractivity contribution in [2.24, 2.45) is 0 Å². The molecule has 26 heavy (non-hydrogen) atoms. The molecule has 1 atom stereocenters. The van der Waals surface area contributed by atoms with E-state index in [1.807, 2.05) is 37.3 Å². The second kappa shape index (κ2) is 8.09. The van der Waals surface area contributed by atoms with E-state index in [0.29, 0.717) is 5.69 Å². The lowest BCUT2D eigenvalue weighted by Gasteiger charge is -2.17. The minimum Gasteiger partial charge on any atom is -0.348 e. The van der Waals surface area contributed by atoms with Gasteiger partial charge in [0.2, 0.25) is 5.91 Å². The van der Waals surface area contributed by atoms with E-state index in [9.17, 15) is 9.59 Å². The Morgan fingerprint density at radius 2 is 1.81 bits per heavy atom. The predicted octanol–water partition coefficient (Wildman–Crippen LogP) is 2.46. The molecule has 2 aromatic carbocycles. The fraction of sp³-hybridized carbons (Fsp3) is 0.222. The number of tetrazole rings is 1. The van der Waals surface area contributed by atoms with Gasteiger partial charge in [-0.25, -0.2) is 4.79 Å². The highest BCUT2D eigenvalue weighted by Gasteiger charge is 2.16. The van der Waals surface area contributed by atoms with Crippen LogP contribution >= 0.6 is 15.9 Å². The zero-order valence-electron chi connectivity index (χ0n) is 14.2. The molecule has 0 aliphatic rings. The molecule has 8 heteroatoms. The summed E-state index contributed by atoms with van der Waals surface area (Å²) in [6, 6.07) is 16.6. The molecule has 0 bridgehead atoms. The first-order valence-electron chi connectivity index (χ1n) is 8.21. The average Bonchev–Trinajstić information content (AvgIpc) is 3.01. The molecule has 0 unspecified atom stereocenters. The molecule has 0 aliphatic carbocycles. The number of hydrogen-bond acceptors (Lipinski definition) is 4. The maximum Gasteiger partial charge on any atom is 0.368 e. The number of carbonyl (C=O) groups excluding carboxylic acids is 1. The predicted molar refractivity (Wildman–Crippen MR) is 101 cm³/mol. The van der Waals surface area contributed by atoms with Gasteiger partial charge in [0.05, 0.1) is 11.7 Å². The number of halogens is 1. The molecule has 7 nitrogen and oxygen atoms in total. The summed E-state index contributed by atoms with van der Waals surface area (Å²) in [5.74, 6) is -0.290. The van der Waals surface area contributed by atoms with Gasteiger partial charge in [0.25, 0.3) is 0 Å². The van der Waals surface area contributed by atoms with Crippen LogP contribution in [0.4, 0.5) is 0 Å². The van der Waals surface area contributed by atoms with Gasteiger partial charge in [0.1, 0.15) is 6.54 Å². The minimum absolute atomic E-state index is 0.129. The first-order chi connectivity index (χ1) is 12.6. The van der Waals surface area contributed by atoms with Gasteiger partial charge in [-0.05, 0) is 46.7 Å². The Morgan fingerprint density at radius 3 is 2.46 bits per heavy atom. The lowest BCUT2D eigenvalue weighted by atomic mass is 10.0. The van der Waals surface area contributed by atoms with Gasteiger partial charge >= 0.3 is 5.69 Å². The number of rotatable bonds is 6. The molecule has 1 N–H and O–H groups in total. The third-order valence-electron chi connectivity index (χ3n) is 3.95. The van der Waals surface area contributed by atoms with Crippen LogP contribution in [0.1, 0.15) is 24.9 Å². The quantitative estimate of drug-likeness (QED) is 0.670. The summed E-state index contributed by atoms with van der Waals surface area (Å²) in [6.07, 6.45) is 0.735. The van der Waals surface area contributed by atoms with E-state index in [1.165, 1.54) is 4.68 Å². The highest BCUT2D eigenvalue weighted by molar-refractivity contribution is 9.10. The molecular formula is C18H18BrN5O2. The van der Waals surface area contributed by atoms with Gasteiger partial charge in [-0.15, -0.1) is 0 Å². The zero-order valence-corrected chi connectivity index (χ0v) is 15.8. The van der Waals surface area contributed by atoms with E-state index in [0.717, 1.165) is 21.1 Å². The Kier molecular flexibility index (Phi) is 5.62. The molecule has 0 saturated heterocycles. The minimum atomic E-state index is -0.456. The van der Waals surface area contributed by atoms with E-state index >= 15 is 0 Å². The number of carbonyl (C=O) groups is 1. The summed E-state index contributed by atoms with van der Waals surface area (Å²) < 4.78 is 3.20. The normalized spacial score (nSPS) is 11.9. The summed E-state index contributed by atoms with van der Waals surface area (Å²) >= 11 is 3.40. The lowest BCUT2D eigenvalue weighted by Crippen LogP contribution is -2.35. The van der Waals surface area contributed by atoms with Gasteiger partial charge in [-0.2, -0.15) is 9.36 Å². The van der Waals surface area contributed by atoms with Crippen molar-refractivity contribution in [2.45, 2.75) is 25.9 Å². The number of para-hydroxylation sites is 1. The summed E-state index contributed by atoms with van der Waals surface area (Å²) in [6.45, 7) is 1.81. The fourth-order valence-corrected chi connectivity index (χ4v) is 2.86. The van der Waals surface area contributed by atoms with E-state index in [1.54, 1.807) is 24.3 Å². The van der Waals surface area contributed by atoms with Crippen molar-refractivity contribution < 1.29 is 4.79 Å². The summed E-state index contributed by atoms with van der Waals surface area (Å²) in [5, 5.41) is 10.6. The Bertz CT molecular complexity index is 934. The SMILES string of the molecule is CC[C@@H](NC(=O)Cn1nnn(-c2ccccc2)c1=O)c1ccc(Br)cc1. The second-order valence-corrected chi connectivity index (χ2v) is 6.66. The number of hydrogen-bond donors (Lipinski definition) is 1. The Balaban J connectivity index is 1.71. The molecule has 0 aliphatic heterocycles. The average molecular weight is 416 g/mol. The van der Waals surface area contributed by atoms with Crippen molar-refractivity contribution in [1.82, 2.24) is 25.1 Å². The van der Waals surface area contributed by atoms with E-state index in [-0.39, 0.29) is 18.5 Å². The van der Waals surface area contributed by atoms with Crippen LogP contribution in [0, 0.1) is 0 Å². The van der Waals surface area contributed by atoms with Crippen molar-refractivity contribution in [2.75, 3.05) is 0 Å². The molecule has 1 aromatic heterocycles. The third-order valence-corrected chi connectivity index (χ3v) is 4.48. The lowest BCUT2D eigenvalue weighted by molar-refractivity contribution is -0.122. The van der Waals surface area contributed by atoms with Crippen molar-refractivity contribution in [3.63, 3.8) is 0 Å². The molecule has 1 heterocycles. The largest absolute Gasteiger partial charge is 0.368 e. The van der Waals surface area contributed by atoms with E-state index < -0.39 is 5.69 Å². The monoisotopic (exact) mass is 415 g/mol. The molecule has 3 rings (SSSR count). The van der Waals surface area contributed by atoms with Crippen molar-refractivity contribution >= 4 is 21.8 Å². The maximum atomic E-state index is 12.4. The second-order valence-electron chi connectivity index (χ2n) is 5.75. The molecule has 0 fully saturated rings. The first kappa shape index (κ1) is 18.1. The van der Waals surface area contributed by atoms with Crippen molar-refractivity contribution in [3.05, 3.63) is 75.1 Å². The van der Waals surface area contributed by atoms with Crippen LogP contribution < -0.4 is 11.0 Å². The molecule has 134 valence electrons. The Hall–Kier alpha value is -2.74. The molecule has 0 saturated carbocycles. The van der Waals surface area contributed by atoms with E-state index in [2.05, 4.69) is 31.7 Å². The number of benzene rings is 2. The van der Waals surface area contributed by atoms with Crippen LogP contribution in [-0.4, -0.2) is 25.7 Å². The van der Waals surface area contributed by atoms with Gasteiger partial charge in [-0.1, -0.05) is 53.2 Å². The molecule has 0 radical (unpaired) electrons. The van der Waals surface area contributed by atoms with E-state index in [4.69, 9.17) is 0 Å². The van der Waals surface area contributed by atoms with Crippen molar-refractivity contribution in [1.29, 1.82) is 0 Å².